The number of fused-ring (bicyclic) bond motifs is 1. The van der Waals surface area contributed by atoms with Gasteiger partial charge in [0.1, 0.15) is 0 Å². The van der Waals surface area contributed by atoms with Crippen LogP contribution in [-0.2, 0) is 4.79 Å². The second-order valence-corrected chi connectivity index (χ2v) is 4.77. The van der Waals surface area contributed by atoms with Gasteiger partial charge in [-0.15, -0.1) is 11.3 Å². The highest BCUT2D eigenvalue weighted by Gasteiger charge is 1.97. The zero-order chi connectivity index (χ0) is 12.1. The van der Waals surface area contributed by atoms with E-state index in [0.717, 1.165) is 4.88 Å². The van der Waals surface area contributed by atoms with Crippen LogP contribution in [0.3, 0.4) is 0 Å². The summed E-state index contributed by atoms with van der Waals surface area (Å²) in [4.78, 5) is 11.7. The number of carbonyl (C=O) groups excluding carboxylic acids is 1. The van der Waals surface area contributed by atoms with Crippen molar-refractivity contribution in [1.29, 1.82) is 0 Å². The molecule has 1 aromatic heterocycles. The van der Waals surface area contributed by atoms with Gasteiger partial charge < -0.3 is 5.32 Å². The Labute approximate surface area is 105 Å². The van der Waals surface area contributed by atoms with Gasteiger partial charge in [0.2, 0.25) is 5.91 Å². The quantitative estimate of drug-likeness (QED) is 0.638. The van der Waals surface area contributed by atoms with Crippen LogP contribution in [0.1, 0.15) is 18.2 Å². The van der Waals surface area contributed by atoms with Gasteiger partial charge in [-0.3, -0.25) is 4.79 Å². The van der Waals surface area contributed by atoms with Crippen molar-refractivity contribution < 1.29 is 4.79 Å². The van der Waals surface area contributed by atoms with Crippen molar-refractivity contribution in [2.24, 2.45) is 0 Å². The summed E-state index contributed by atoms with van der Waals surface area (Å²) in [5.41, 5.74) is 0. The summed E-state index contributed by atoms with van der Waals surface area (Å²) in [6.45, 7) is 2.13. The Hall–Kier alpha value is -1.79. The van der Waals surface area contributed by atoms with Gasteiger partial charge in [-0.2, -0.15) is 0 Å². The molecule has 17 heavy (non-hydrogen) atoms. The van der Waals surface area contributed by atoms with Crippen LogP contribution in [0.5, 0.6) is 0 Å². The van der Waals surface area contributed by atoms with E-state index in [9.17, 15) is 4.79 Å². The Bertz CT molecular complexity index is 556. The molecule has 86 valence electrons. The zero-order valence-electron chi connectivity index (χ0n) is 9.62. The maximum Gasteiger partial charge on any atom is 0.216 e. The summed E-state index contributed by atoms with van der Waals surface area (Å²) >= 11 is 1.70. The average molecular weight is 243 g/mol. The van der Waals surface area contributed by atoms with Crippen molar-refractivity contribution in [3.63, 3.8) is 0 Å². The Morgan fingerprint density at radius 2 is 2.24 bits per heavy atom. The number of nitrogens with one attached hydrogen (secondary N) is 1. The largest absolute Gasteiger partial charge is 0.355 e. The second-order valence-electron chi connectivity index (χ2n) is 3.68. The third-order valence-electron chi connectivity index (χ3n) is 2.26. The number of thiophene rings is 1. The zero-order valence-corrected chi connectivity index (χ0v) is 10.4. The van der Waals surface area contributed by atoms with E-state index in [0.29, 0.717) is 13.0 Å². The van der Waals surface area contributed by atoms with E-state index >= 15 is 0 Å². The number of hydrogen-bond donors (Lipinski definition) is 1. The minimum atomic E-state index is -0.00587. The first kappa shape index (κ1) is 11.7. The van der Waals surface area contributed by atoms with Gasteiger partial charge in [-0.05, 0) is 17.5 Å². The minimum absolute atomic E-state index is 0.00587. The van der Waals surface area contributed by atoms with Gasteiger partial charge in [-0.1, -0.05) is 30.0 Å². The van der Waals surface area contributed by atoms with Crippen LogP contribution in [0.2, 0.25) is 0 Å². The van der Waals surface area contributed by atoms with Crippen molar-refractivity contribution in [1.82, 2.24) is 5.32 Å². The van der Waals surface area contributed by atoms with E-state index in [-0.39, 0.29) is 5.91 Å². The fraction of sp³-hybridized carbons (Fsp3) is 0.214. The number of rotatable bonds is 2. The lowest BCUT2D eigenvalue weighted by Crippen LogP contribution is -2.20. The molecule has 0 unspecified atom stereocenters. The van der Waals surface area contributed by atoms with E-state index < -0.39 is 0 Å². The van der Waals surface area contributed by atoms with Crippen LogP contribution >= 0.6 is 11.3 Å². The first-order valence-corrected chi connectivity index (χ1v) is 6.29. The second kappa shape index (κ2) is 5.51. The molecule has 0 atom stereocenters. The highest BCUT2D eigenvalue weighted by Crippen LogP contribution is 2.24. The first-order chi connectivity index (χ1) is 8.25. The molecule has 0 bridgehead atoms. The van der Waals surface area contributed by atoms with Crippen molar-refractivity contribution in [2.45, 2.75) is 13.3 Å². The fourth-order valence-corrected chi connectivity index (χ4v) is 2.43. The van der Waals surface area contributed by atoms with Gasteiger partial charge >= 0.3 is 0 Å². The summed E-state index contributed by atoms with van der Waals surface area (Å²) < 4.78 is 1.26. The maximum absolute atomic E-state index is 10.6. The monoisotopic (exact) mass is 243 g/mol. The van der Waals surface area contributed by atoms with Crippen molar-refractivity contribution in [2.75, 3.05) is 6.54 Å². The molecule has 3 heteroatoms. The summed E-state index contributed by atoms with van der Waals surface area (Å²) in [6.07, 6.45) is 0.688. The van der Waals surface area contributed by atoms with Crippen LogP contribution in [0, 0.1) is 11.8 Å². The molecule has 2 nitrogen and oxygen atoms in total. The molecule has 2 aromatic rings. The molecule has 0 aliphatic rings. The van der Waals surface area contributed by atoms with Crippen LogP contribution in [0.4, 0.5) is 0 Å². The minimum Gasteiger partial charge on any atom is -0.355 e. The highest BCUT2D eigenvalue weighted by atomic mass is 32.1. The number of carbonyl (C=O) groups is 1. The first-order valence-electron chi connectivity index (χ1n) is 5.47. The van der Waals surface area contributed by atoms with Gasteiger partial charge in [0, 0.05) is 24.6 Å². The molecule has 0 spiro atoms. The van der Waals surface area contributed by atoms with E-state index in [2.05, 4.69) is 35.4 Å². The number of amides is 1. The van der Waals surface area contributed by atoms with Crippen molar-refractivity contribution >= 4 is 27.3 Å². The molecule has 0 aliphatic heterocycles. The molecular formula is C14H13NOS. The number of hydrogen-bond acceptors (Lipinski definition) is 2. The summed E-state index contributed by atoms with van der Waals surface area (Å²) in [5, 5.41) is 3.96. The summed E-state index contributed by atoms with van der Waals surface area (Å²) in [7, 11) is 0. The third kappa shape index (κ3) is 3.33. The van der Waals surface area contributed by atoms with Gasteiger partial charge in [0.05, 0.1) is 4.88 Å². The predicted octanol–water partition coefficient (Wildman–Crippen LogP) is 2.78. The molecule has 0 fully saturated rings. The normalized spacial score (nSPS) is 9.71. The van der Waals surface area contributed by atoms with Crippen LogP contribution in [0.15, 0.2) is 30.3 Å². The molecule has 2 rings (SSSR count). The SMILES string of the molecule is CC(=O)NCCC#Cc1cc2ccccc2s1. The Balaban J connectivity index is 1.99. The molecule has 0 saturated heterocycles. The average Bonchev–Trinajstić information content (AvgIpc) is 2.70. The third-order valence-corrected chi connectivity index (χ3v) is 3.29. The Morgan fingerprint density at radius 1 is 1.41 bits per heavy atom. The van der Waals surface area contributed by atoms with Crippen LogP contribution in [-0.4, -0.2) is 12.5 Å². The van der Waals surface area contributed by atoms with Gasteiger partial charge in [-0.25, -0.2) is 0 Å². The van der Waals surface area contributed by atoms with Gasteiger partial charge in [0.25, 0.3) is 0 Å². The predicted molar refractivity (Wildman–Crippen MR) is 72.0 cm³/mol. The van der Waals surface area contributed by atoms with Crippen LogP contribution < -0.4 is 5.32 Å². The molecular weight excluding hydrogens is 230 g/mol. The molecule has 0 aliphatic carbocycles. The van der Waals surface area contributed by atoms with Crippen LogP contribution in [0.25, 0.3) is 10.1 Å². The molecule has 0 radical (unpaired) electrons. The smallest absolute Gasteiger partial charge is 0.216 e. The van der Waals surface area contributed by atoms with Crippen molar-refractivity contribution in [3.05, 3.63) is 35.2 Å². The molecule has 1 aromatic carbocycles. The van der Waals surface area contributed by atoms with Crippen molar-refractivity contribution in [3.8, 4) is 11.8 Å². The molecule has 1 heterocycles. The van der Waals surface area contributed by atoms with E-state index in [4.69, 9.17) is 0 Å². The summed E-state index contributed by atoms with van der Waals surface area (Å²) in [5.74, 6) is 6.18. The molecule has 1 amide bonds. The van der Waals surface area contributed by atoms with E-state index in [1.54, 1.807) is 11.3 Å². The topological polar surface area (TPSA) is 29.1 Å². The molecule has 1 N–H and O–H groups in total. The lowest BCUT2D eigenvalue weighted by atomic mass is 10.2. The lowest BCUT2D eigenvalue weighted by molar-refractivity contribution is -0.118. The standard InChI is InChI=1S/C14H13NOS/c1-11(16)15-9-5-4-7-13-10-12-6-2-3-8-14(12)17-13/h2-3,6,8,10H,5,9H2,1H3,(H,15,16). The number of benzene rings is 1. The van der Waals surface area contributed by atoms with E-state index in [1.807, 2.05) is 12.1 Å². The maximum atomic E-state index is 10.6. The lowest BCUT2D eigenvalue weighted by Gasteiger charge is -1.94. The molecule has 0 saturated carbocycles. The Morgan fingerprint density at radius 3 is 3.00 bits per heavy atom. The summed E-state index contributed by atoms with van der Waals surface area (Å²) in [6, 6.07) is 10.4. The Kier molecular flexibility index (Phi) is 3.79. The van der Waals surface area contributed by atoms with Gasteiger partial charge in [0.15, 0.2) is 0 Å². The van der Waals surface area contributed by atoms with E-state index in [1.165, 1.54) is 17.0 Å². The highest BCUT2D eigenvalue weighted by molar-refractivity contribution is 7.19. The fourth-order valence-electron chi connectivity index (χ4n) is 1.49.